The number of benzene rings is 1. The van der Waals surface area contributed by atoms with Crippen LogP contribution in [0, 0.1) is 10.5 Å². The molecule has 0 radical (unpaired) electrons. The molecule has 0 atom stereocenters. The molecule has 20 heavy (non-hydrogen) atoms. The summed E-state index contributed by atoms with van der Waals surface area (Å²) in [6, 6.07) is 5.38. The van der Waals surface area contributed by atoms with E-state index in [2.05, 4.69) is 38.8 Å². The zero-order valence-corrected chi connectivity index (χ0v) is 14.2. The maximum atomic E-state index is 11.9. The van der Waals surface area contributed by atoms with Crippen molar-refractivity contribution in [2.75, 3.05) is 0 Å². The van der Waals surface area contributed by atoms with E-state index in [1.54, 1.807) is 12.1 Å². The van der Waals surface area contributed by atoms with E-state index in [4.69, 9.17) is 12.2 Å². The van der Waals surface area contributed by atoms with Crippen LogP contribution in [0.5, 0.6) is 0 Å². The lowest BCUT2D eigenvalue weighted by atomic mass is 10.1. The van der Waals surface area contributed by atoms with Crippen LogP contribution < -0.4 is 16.2 Å². The normalized spacial score (nSPS) is 9.75. The Balaban J connectivity index is 2.51. The average molecular weight is 405 g/mol. The summed E-state index contributed by atoms with van der Waals surface area (Å²) in [6.07, 6.45) is 1.15. The Labute approximate surface area is 137 Å². The van der Waals surface area contributed by atoms with Crippen LogP contribution in [-0.2, 0) is 4.79 Å². The smallest absolute Gasteiger partial charge is 0.257 e. The fraction of sp³-hybridized carbons (Fsp3) is 0.308. The van der Waals surface area contributed by atoms with Gasteiger partial charge in [0.05, 0.1) is 0 Å². The van der Waals surface area contributed by atoms with E-state index in [1.165, 1.54) is 0 Å². The van der Waals surface area contributed by atoms with Gasteiger partial charge in [0.25, 0.3) is 5.91 Å². The van der Waals surface area contributed by atoms with Crippen LogP contribution in [0.25, 0.3) is 0 Å². The molecule has 7 heteroatoms. The Morgan fingerprint density at radius 2 is 2.00 bits per heavy atom. The van der Waals surface area contributed by atoms with E-state index in [-0.39, 0.29) is 16.9 Å². The zero-order valence-electron chi connectivity index (χ0n) is 11.2. The van der Waals surface area contributed by atoms with Crippen LogP contribution in [0.4, 0.5) is 0 Å². The maximum Gasteiger partial charge on any atom is 0.257 e. The van der Waals surface area contributed by atoms with Gasteiger partial charge in [-0.2, -0.15) is 0 Å². The minimum atomic E-state index is -0.315. The minimum absolute atomic E-state index is 0.0648. The van der Waals surface area contributed by atoms with Gasteiger partial charge in [-0.25, -0.2) is 0 Å². The first kappa shape index (κ1) is 16.8. The van der Waals surface area contributed by atoms with Crippen LogP contribution >= 0.6 is 34.8 Å². The van der Waals surface area contributed by atoms with Crippen molar-refractivity contribution in [3.8, 4) is 0 Å². The summed E-state index contributed by atoms with van der Waals surface area (Å²) < 4.78 is 1.00. The molecule has 3 N–H and O–H groups in total. The molecule has 0 unspecified atom stereocenters. The summed E-state index contributed by atoms with van der Waals surface area (Å²) in [5.74, 6) is -0.487. The largest absolute Gasteiger partial charge is 0.298 e. The molecule has 0 spiro atoms. The maximum absolute atomic E-state index is 11.9. The molecule has 1 aromatic carbocycles. The van der Waals surface area contributed by atoms with Gasteiger partial charge in [-0.3, -0.25) is 25.8 Å². The molecule has 0 aliphatic carbocycles. The van der Waals surface area contributed by atoms with Crippen molar-refractivity contribution in [2.24, 2.45) is 0 Å². The second-order valence-corrected chi connectivity index (χ2v) is 5.74. The predicted octanol–water partition coefficient (Wildman–Crippen LogP) is 2.04. The fourth-order valence-corrected chi connectivity index (χ4v) is 2.02. The topological polar surface area (TPSA) is 70.2 Å². The third-order valence-electron chi connectivity index (χ3n) is 2.45. The number of rotatable bonds is 3. The Hall–Kier alpha value is -1.22. The van der Waals surface area contributed by atoms with E-state index >= 15 is 0 Å². The lowest BCUT2D eigenvalue weighted by molar-refractivity contribution is -0.121. The number of thiocarbonyl (C=S) groups is 1. The number of hydrogen-bond donors (Lipinski definition) is 3. The summed E-state index contributed by atoms with van der Waals surface area (Å²) >= 11 is 7.10. The number of amides is 2. The van der Waals surface area contributed by atoms with E-state index in [9.17, 15) is 9.59 Å². The van der Waals surface area contributed by atoms with Crippen molar-refractivity contribution in [2.45, 2.75) is 26.7 Å². The van der Waals surface area contributed by atoms with Gasteiger partial charge in [-0.1, -0.05) is 13.0 Å². The van der Waals surface area contributed by atoms with Gasteiger partial charge in [0, 0.05) is 15.6 Å². The number of halogens is 1. The van der Waals surface area contributed by atoms with Crippen LogP contribution in [-0.4, -0.2) is 16.9 Å². The summed E-state index contributed by atoms with van der Waals surface area (Å²) in [5.41, 5.74) is 6.53. The predicted molar refractivity (Wildman–Crippen MR) is 90.1 cm³/mol. The minimum Gasteiger partial charge on any atom is -0.298 e. The van der Waals surface area contributed by atoms with Gasteiger partial charge in [0.2, 0.25) is 5.91 Å². The fourth-order valence-electron chi connectivity index (χ4n) is 1.36. The van der Waals surface area contributed by atoms with Crippen molar-refractivity contribution in [3.63, 3.8) is 0 Å². The molecule has 5 nitrogen and oxygen atoms in total. The van der Waals surface area contributed by atoms with Crippen LogP contribution in [0.2, 0.25) is 0 Å². The molecule has 0 heterocycles. The summed E-state index contributed by atoms with van der Waals surface area (Å²) in [4.78, 5) is 23.2. The molecule has 0 saturated carbocycles. The monoisotopic (exact) mass is 405 g/mol. The van der Waals surface area contributed by atoms with Crippen LogP contribution in [0.3, 0.4) is 0 Å². The molecule has 0 fully saturated rings. The molecule has 0 aliphatic rings. The number of nitrogens with one attached hydrogen (secondary N) is 3. The summed E-state index contributed by atoms with van der Waals surface area (Å²) in [6.45, 7) is 3.87. The van der Waals surface area contributed by atoms with Crippen LogP contribution in [0.1, 0.15) is 35.7 Å². The van der Waals surface area contributed by atoms with E-state index in [1.807, 2.05) is 19.9 Å². The molecular weight excluding hydrogens is 389 g/mol. The Morgan fingerprint density at radius 1 is 1.30 bits per heavy atom. The molecule has 0 aromatic heterocycles. The Bertz CT molecular complexity index is 534. The van der Waals surface area contributed by atoms with Crippen molar-refractivity contribution in [1.82, 2.24) is 16.2 Å². The molecule has 108 valence electrons. The molecule has 1 rings (SSSR count). The quantitative estimate of drug-likeness (QED) is 0.409. The van der Waals surface area contributed by atoms with Crippen molar-refractivity contribution < 1.29 is 9.59 Å². The average Bonchev–Trinajstić information content (AvgIpc) is 2.40. The third kappa shape index (κ3) is 5.41. The highest BCUT2D eigenvalue weighted by molar-refractivity contribution is 14.1. The van der Waals surface area contributed by atoms with Gasteiger partial charge < -0.3 is 0 Å². The van der Waals surface area contributed by atoms with Gasteiger partial charge in [-0.15, -0.1) is 0 Å². The van der Waals surface area contributed by atoms with Crippen molar-refractivity contribution >= 4 is 51.7 Å². The first-order chi connectivity index (χ1) is 9.43. The zero-order chi connectivity index (χ0) is 15.1. The number of hydrogen-bond acceptors (Lipinski definition) is 3. The van der Waals surface area contributed by atoms with E-state index in [0.29, 0.717) is 12.0 Å². The second kappa shape index (κ2) is 8.15. The second-order valence-electron chi connectivity index (χ2n) is 4.17. The molecule has 0 aliphatic heterocycles. The highest BCUT2D eigenvalue weighted by Gasteiger charge is 2.09. The van der Waals surface area contributed by atoms with Crippen molar-refractivity contribution in [3.05, 3.63) is 32.9 Å². The molecular formula is C13H16IN3O2S. The van der Waals surface area contributed by atoms with Gasteiger partial charge >= 0.3 is 0 Å². The first-order valence-corrected chi connectivity index (χ1v) is 7.59. The lowest BCUT2D eigenvalue weighted by Gasteiger charge is -2.10. The van der Waals surface area contributed by atoms with Gasteiger partial charge in [0.15, 0.2) is 5.11 Å². The number of carbonyl (C=O) groups is 2. The first-order valence-electron chi connectivity index (χ1n) is 6.10. The Kier molecular flexibility index (Phi) is 6.86. The molecule has 2 amide bonds. The lowest BCUT2D eigenvalue weighted by Crippen LogP contribution is -2.48. The number of carbonyl (C=O) groups excluding carboxylic acids is 2. The SMILES string of the molecule is CCCC(=O)NNC(=S)NC(=O)c1ccc(C)c(I)c1. The van der Waals surface area contributed by atoms with Gasteiger partial charge in [0.1, 0.15) is 0 Å². The summed E-state index contributed by atoms with van der Waals surface area (Å²) in [5, 5.41) is 2.57. The van der Waals surface area contributed by atoms with E-state index < -0.39 is 0 Å². The molecule has 0 bridgehead atoms. The Morgan fingerprint density at radius 3 is 2.60 bits per heavy atom. The van der Waals surface area contributed by atoms with Crippen molar-refractivity contribution in [1.29, 1.82) is 0 Å². The summed E-state index contributed by atoms with van der Waals surface area (Å²) in [7, 11) is 0. The highest BCUT2D eigenvalue weighted by atomic mass is 127. The molecule has 1 aromatic rings. The van der Waals surface area contributed by atoms with Crippen LogP contribution in [0.15, 0.2) is 18.2 Å². The molecule has 0 saturated heterocycles. The third-order valence-corrected chi connectivity index (χ3v) is 3.82. The number of aryl methyl sites for hydroxylation is 1. The van der Waals surface area contributed by atoms with Gasteiger partial charge in [-0.05, 0) is 65.8 Å². The highest BCUT2D eigenvalue weighted by Crippen LogP contribution is 2.13. The standard InChI is InChI=1S/C13H16IN3O2S/c1-3-4-11(18)16-17-13(20)15-12(19)9-6-5-8(2)10(14)7-9/h5-7H,3-4H2,1-2H3,(H,16,18)(H2,15,17,19,20). The van der Waals surface area contributed by atoms with E-state index in [0.717, 1.165) is 15.6 Å². The number of hydrazine groups is 1.